The molecule has 0 atom stereocenters. The molecule has 0 aliphatic heterocycles. The van der Waals surface area contributed by atoms with E-state index in [4.69, 9.17) is 16.3 Å². The number of methoxy groups -OCH3 is 1. The fraction of sp³-hybridized carbons (Fsp3) is 0.130. The Balaban J connectivity index is 1.78. The lowest BCUT2D eigenvalue weighted by Crippen LogP contribution is -2.41. The van der Waals surface area contributed by atoms with E-state index in [1.165, 1.54) is 37.4 Å². The first-order valence-corrected chi connectivity index (χ1v) is 11.8. The third-order valence-corrected chi connectivity index (χ3v) is 6.38. The van der Waals surface area contributed by atoms with Crippen LogP contribution >= 0.6 is 11.6 Å². The van der Waals surface area contributed by atoms with Crippen molar-refractivity contribution in [3.05, 3.63) is 88.4 Å². The monoisotopic (exact) mass is 487 g/mol. The highest BCUT2D eigenvalue weighted by Crippen LogP contribution is 2.27. The molecule has 2 amide bonds. The number of rotatable bonds is 7. The maximum Gasteiger partial charge on any atom is 0.269 e. The minimum absolute atomic E-state index is 0.00825. The summed E-state index contributed by atoms with van der Waals surface area (Å²) in [7, 11) is -2.74. The van der Waals surface area contributed by atoms with E-state index in [1.54, 1.807) is 24.3 Å². The molecule has 0 aliphatic carbocycles. The Bertz CT molecular complexity index is 1260. The molecule has 10 heteroatoms. The highest BCUT2D eigenvalue weighted by atomic mass is 35.5. The number of hydrogen-bond acceptors (Lipinski definition) is 5. The van der Waals surface area contributed by atoms with Crippen molar-refractivity contribution in [2.75, 3.05) is 11.8 Å². The van der Waals surface area contributed by atoms with Crippen LogP contribution in [0.5, 0.6) is 5.75 Å². The van der Waals surface area contributed by atoms with E-state index < -0.39 is 21.8 Å². The van der Waals surface area contributed by atoms with Gasteiger partial charge in [0.2, 0.25) is 0 Å². The van der Waals surface area contributed by atoms with Crippen molar-refractivity contribution in [3.63, 3.8) is 0 Å². The molecule has 0 heterocycles. The van der Waals surface area contributed by atoms with Crippen molar-refractivity contribution in [1.29, 1.82) is 0 Å². The van der Waals surface area contributed by atoms with Crippen LogP contribution in [0.2, 0.25) is 5.02 Å². The predicted octanol–water partition coefficient (Wildman–Crippen LogP) is 3.79. The summed E-state index contributed by atoms with van der Waals surface area (Å²) in [4.78, 5) is 24.5. The summed E-state index contributed by atoms with van der Waals surface area (Å²) in [6.07, 6.45) is 0.826. The fourth-order valence-electron chi connectivity index (χ4n) is 2.91. The lowest BCUT2D eigenvalue weighted by molar-refractivity contribution is 0.0846. The van der Waals surface area contributed by atoms with Gasteiger partial charge in [-0.3, -0.25) is 25.2 Å². The molecule has 0 bridgehead atoms. The van der Waals surface area contributed by atoms with Gasteiger partial charge in [0.05, 0.1) is 7.11 Å². The average molecular weight is 488 g/mol. The minimum Gasteiger partial charge on any atom is -0.495 e. The summed E-state index contributed by atoms with van der Waals surface area (Å²) in [5, 5.41) is 0.470. The smallest absolute Gasteiger partial charge is 0.269 e. The average Bonchev–Trinajstić information content (AvgIpc) is 2.82. The van der Waals surface area contributed by atoms with E-state index in [1.807, 2.05) is 19.1 Å². The molecule has 0 aliphatic rings. The molecule has 3 rings (SSSR count). The molecule has 0 saturated carbocycles. The lowest BCUT2D eigenvalue weighted by atomic mass is 10.2. The topological polar surface area (TPSA) is 114 Å². The van der Waals surface area contributed by atoms with Crippen LogP contribution < -0.4 is 20.3 Å². The second kappa shape index (κ2) is 10.4. The number of nitrogens with one attached hydrogen (secondary N) is 3. The van der Waals surface area contributed by atoms with Crippen LogP contribution in [0.15, 0.2) is 71.6 Å². The minimum atomic E-state index is -4.06. The summed E-state index contributed by atoms with van der Waals surface area (Å²) in [6, 6.07) is 17.0. The number of hydrazine groups is 1. The number of anilines is 1. The number of sulfonamides is 1. The van der Waals surface area contributed by atoms with E-state index in [-0.39, 0.29) is 21.8 Å². The van der Waals surface area contributed by atoms with Crippen molar-refractivity contribution in [1.82, 2.24) is 10.9 Å². The van der Waals surface area contributed by atoms with Gasteiger partial charge < -0.3 is 4.74 Å². The first-order chi connectivity index (χ1) is 15.7. The molecule has 3 aromatic carbocycles. The van der Waals surface area contributed by atoms with Crippen molar-refractivity contribution in [2.24, 2.45) is 0 Å². The van der Waals surface area contributed by atoms with Crippen LogP contribution in [0.1, 0.15) is 33.2 Å². The summed E-state index contributed by atoms with van der Waals surface area (Å²) in [6.45, 7) is 2.00. The summed E-state index contributed by atoms with van der Waals surface area (Å²) in [5.41, 5.74) is 6.27. The molecule has 3 aromatic rings. The van der Waals surface area contributed by atoms with Crippen LogP contribution in [-0.4, -0.2) is 27.3 Å². The zero-order chi connectivity index (χ0) is 24.0. The van der Waals surface area contributed by atoms with Gasteiger partial charge >= 0.3 is 0 Å². The third kappa shape index (κ3) is 6.03. The van der Waals surface area contributed by atoms with Crippen LogP contribution in [0, 0.1) is 0 Å². The second-order valence-corrected chi connectivity index (χ2v) is 9.02. The predicted molar refractivity (Wildman–Crippen MR) is 126 cm³/mol. The van der Waals surface area contributed by atoms with Gasteiger partial charge in [-0.15, -0.1) is 0 Å². The van der Waals surface area contributed by atoms with E-state index in [0.29, 0.717) is 10.7 Å². The molecule has 3 N–H and O–H groups in total. The van der Waals surface area contributed by atoms with Gasteiger partial charge in [0.25, 0.3) is 21.8 Å². The highest BCUT2D eigenvalue weighted by molar-refractivity contribution is 7.92. The van der Waals surface area contributed by atoms with Gasteiger partial charge in [0.1, 0.15) is 10.6 Å². The molecule has 0 radical (unpaired) electrons. The van der Waals surface area contributed by atoms with Gasteiger partial charge in [-0.1, -0.05) is 30.7 Å². The molecule has 0 spiro atoms. The molecule has 0 aromatic heterocycles. The number of amides is 2. The Morgan fingerprint density at radius 1 is 0.879 bits per heavy atom. The number of ether oxygens (including phenoxy) is 1. The Morgan fingerprint density at radius 3 is 2.03 bits per heavy atom. The number of carbonyl (C=O) groups is 2. The molecule has 0 unspecified atom stereocenters. The Morgan fingerprint density at radius 2 is 1.45 bits per heavy atom. The van der Waals surface area contributed by atoms with E-state index >= 15 is 0 Å². The van der Waals surface area contributed by atoms with E-state index in [0.717, 1.165) is 12.0 Å². The number of carbonyl (C=O) groups excluding carboxylic acids is 2. The summed E-state index contributed by atoms with van der Waals surface area (Å²) < 4.78 is 33.6. The molecular formula is C23H22ClN3O5S. The highest BCUT2D eigenvalue weighted by Gasteiger charge is 2.22. The first kappa shape index (κ1) is 24.1. The maximum atomic E-state index is 13.0. The number of halogens is 1. The maximum absolute atomic E-state index is 13.0. The molecule has 0 fully saturated rings. The number of aryl methyl sites for hydroxylation is 1. The molecular weight excluding hydrogens is 466 g/mol. The fourth-order valence-corrected chi connectivity index (χ4v) is 4.29. The van der Waals surface area contributed by atoms with Crippen molar-refractivity contribution >= 4 is 39.1 Å². The van der Waals surface area contributed by atoms with Gasteiger partial charge in [-0.2, -0.15) is 0 Å². The van der Waals surface area contributed by atoms with Gasteiger partial charge in [-0.25, -0.2) is 8.42 Å². The van der Waals surface area contributed by atoms with Crippen LogP contribution in [0.25, 0.3) is 0 Å². The molecule has 0 saturated heterocycles. The number of hydrogen-bond donors (Lipinski definition) is 3. The van der Waals surface area contributed by atoms with Gasteiger partial charge in [0.15, 0.2) is 0 Å². The standard InChI is InChI=1S/C23H22ClN3O5S/c1-3-15-4-11-19(12-5-15)27-33(30,31)21-14-17(8-13-20(21)32-2)23(29)26-25-22(28)16-6-9-18(24)10-7-16/h4-14,27H,3H2,1-2H3,(H,25,28)(H,26,29). The lowest BCUT2D eigenvalue weighted by Gasteiger charge is -2.14. The second-order valence-electron chi connectivity index (χ2n) is 6.94. The quantitative estimate of drug-likeness (QED) is 0.439. The Hall–Kier alpha value is -3.56. The van der Waals surface area contributed by atoms with Gasteiger partial charge in [0, 0.05) is 21.8 Å². The van der Waals surface area contributed by atoms with Crippen LogP contribution in [0.4, 0.5) is 5.69 Å². The van der Waals surface area contributed by atoms with Crippen molar-refractivity contribution in [3.8, 4) is 5.75 Å². The third-order valence-electron chi connectivity index (χ3n) is 4.73. The van der Waals surface area contributed by atoms with Crippen molar-refractivity contribution in [2.45, 2.75) is 18.2 Å². The van der Waals surface area contributed by atoms with E-state index in [9.17, 15) is 18.0 Å². The normalized spacial score (nSPS) is 10.9. The van der Waals surface area contributed by atoms with E-state index in [2.05, 4.69) is 15.6 Å². The van der Waals surface area contributed by atoms with Crippen molar-refractivity contribution < 1.29 is 22.7 Å². The van der Waals surface area contributed by atoms with Crippen LogP contribution in [0.3, 0.4) is 0 Å². The molecule has 172 valence electrons. The Labute approximate surface area is 196 Å². The summed E-state index contributed by atoms with van der Waals surface area (Å²) >= 11 is 5.80. The molecule has 33 heavy (non-hydrogen) atoms. The zero-order valence-electron chi connectivity index (χ0n) is 17.9. The summed E-state index contributed by atoms with van der Waals surface area (Å²) in [5.74, 6) is -1.20. The SMILES string of the molecule is CCc1ccc(NS(=O)(=O)c2cc(C(=O)NNC(=O)c3ccc(Cl)cc3)ccc2OC)cc1. The molecule has 8 nitrogen and oxygen atoms in total. The first-order valence-electron chi connectivity index (χ1n) is 9.89. The van der Waals surface area contributed by atoms with Gasteiger partial charge in [-0.05, 0) is 66.6 Å². The Kier molecular flexibility index (Phi) is 7.57. The van der Waals surface area contributed by atoms with Crippen LogP contribution in [-0.2, 0) is 16.4 Å². The number of benzene rings is 3. The zero-order valence-corrected chi connectivity index (χ0v) is 19.5. The largest absolute Gasteiger partial charge is 0.495 e.